The van der Waals surface area contributed by atoms with E-state index in [-0.39, 0.29) is 5.60 Å². The minimum absolute atomic E-state index is 0.134. The predicted octanol–water partition coefficient (Wildman–Crippen LogP) is 2.57. The van der Waals surface area contributed by atoms with Gasteiger partial charge in [0.25, 0.3) is 0 Å². The Hall–Kier alpha value is -0.900. The lowest BCUT2D eigenvalue weighted by atomic mass is 9.97. The number of ether oxygens (including phenoxy) is 1. The summed E-state index contributed by atoms with van der Waals surface area (Å²) in [5.74, 6) is 0. The van der Waals surface area contributed by atoms with Gasteiger partial charge >= 0.3 is 0 Å². The van der Waals surface area contributed by atoms with Gasteiger partial charge in [-0.25, -0.2) is 0 Å². The van der Waals surface area contributed by atoms with Crippen LogP contribution >= 0.6 is 0 Å². The molecule has 1 rings (SSSR count). The molecular formula is C16H28N2O. The summed E-state index contributed by atoms with van der Waals surface area (Å²) in [4.78, 5) is 2.32. The van der Waals surface area contributed by atoms with Crippen LogP contribution in [-0.2, 0) is 11.3 Å². The molecule has 1 aromatic rings. The molecule has 1 aromatic carbocycles. The fourth-order valence-corrected chi connectivity index (χ4v) is 2.30. The van der Waals surface area contributed by atoms with Crippen LogP contribution in [0, 0.1) is 6.92 Å². The highest BCUT2D eigenvalue weighted by molar-refractivity contribution is 5.22. The molecule has 0 aliphatic heterocycles. The third kappa shape index (κ3) is 5.31. The van der Waals surface area contributed by atoms with E-state index in [0.29, 0.717) is 12.6 Å². The molecule has 3 heteroatoms. The number of hydrogen-bond acceptors (Lipinski definition) is 3. The van der Waals surface area contributed by atoms with E-state index in [1.807, 2.05) is 0 Å². The minimum Gasteiger partial charge on any atom is -0.379 e. The van der Waals surface area contributed by atoms with Gasteiger partial charge < -0.3 is 10.5 Å². The van der Waals surface area contributed by atoms with Gasteiger partial charge in [-0.15, -0.1) is 0 Å². The Morgan fingerprint density at radius 2 is 2.05 bits per heavy atom. The van der Waals surface area contributed by atoms with Crippen molar-refractivity contribution in [2.24, 2.45) is 5.73 Å². The third-order valence-electron chi connectivity index (χ3n) is 3.69. The lowest BCUT2D eigenvalue weighted by Crippen LogP contribution is -2.43. The Morgan fingerprint density at radius 3 is 2.58 bits per heavy atom. The molecule has 0 spiro atoms. The van der Waals surface area contributed by atoms with Crippen LogP contribution in [0.15, 0.2) is 24.3 Å². The average molecular weight is 264 g/mol. The highest BCUT2D eigenvalue weighted by Crippen LogP contribution is 2.19. The lowest BCUT2D eigenvalue weighted by molar-refractivity contribution is -0.00539. The standard InChI is InChI=1S/C16H28N2O/c1-13-7-6-8-14(9-13)12-18(4)15(11-17)10-16(2,3)19-5/h6-9,15H,10-12,17H2,1-5H3. The van der Waals surface area contributed by atoms with Crippen molar-refractivity contribution in [2.45, 2.75) is 45.4 Å². The number of benzene rings is 1. The summed E-state index contributed by atoms with van der Waals surface area (Å²) in [6, 6.07) is 8.95. The summed E-state index contributed by atoms with van der Waals surface area (Å²) < 4.78 is 5.51. The first-order valence-corrected chi connectivity index (χ1v) is 6.89. The molecule has 0 radical (unpaired) electrons. The number of likely N-dealkylation sites (N-methyl/N-ethyl adjacent to an activating group) is 1. The quantitative estimate of drug-likeness (QED) is 0.822. The topological polar surface area (TPSA) is 38.5 Å². The highest BCUT2D eigenvalue weighted by atomic mass is 16.5. The molecule has 0 aliphatic rings. The van der Waals surface area contributed by atoms with Crippen LogP contribution in [0.2, 0.25) is 0 Å². The zero-order chi connectivity index (χ0) is 14.5. The van der Waals surface area contributed by atoms with Crippen LogP contribution in [-0.4, -0.2) is 37.2 Å². The number of aryl methyl sites for hydroxylation is 1. The number of hydrogen-bond donors (Lipinski definition) is 1. The SMILES string of the molecule is COC(C)(C)CC(CN)N(C)Cc1cccc(C)c1. The summed E-state index contributed by atoms with van der Waals surface area (Å²) in [7, 11) is 3.89. The maximum atomic E-state index is 5.92. The smallest absolute Gasteiger partial charge is 0.0638 e. The maximum Gasteiger partial charge on any atom is 0.0638 e. The van der Waals surface area contributed by atoms with Crippen LogP contribution < -0.4 is 5.73 Å². The van der Waals surface area contributed by atoms with Gasteiger partial charge in [0.15, 0.2) is 0 Å². The highest BCUT2D eigenvalue weighted by Gasteiger charge is 2.24. The van der Waals surface area contributed by atoms with E-state index in [0.717, 1.165) is 13.0 Å². The first-order valence-electron chi connectivity index (χ1n) is 6.89. The van der Waals surface area contributed by atoms with Crippen LogP contribution in [0.4, 0.5) is 0 Å². The molecule has 0 aliphatic carbocycles. The Morgan fingerprint density at radius 1 is 1.37 bits per heavy atom. The Balaban J connectivity index is 2.66. The van der Waals surface area contributed by atoms with Crippen LogP contribution in [0.1, 0.15) is 31.4 Å². The summed E-state index contributed by atoms with van der Waals surface area (Å²) in [6.45, 7) is 7.91. The van der Waals surface area contributed by atoms with Gasteiger partial charge in [-0.1, -0.05) is 29.8 Å². The first-order chi connectivity index (χ1) is 8.88. The average Bonchev–Trinajstić information content (AvgIpc) is 2.36. The number of rotatable bonds is 7. The van der Waals surface area contributed by atoms with E-state index >= 15 is 0 Å². The second-order valence-electron chi connectivity index (χ2n) is 5.96. The number of methoxy groups -OCH3 is 1. The summed E-state index contributed by atoms with van der Waals surface area (Å²) in [6.07, 6.45) is 0.933. The zero-order valence-electron chi connectivity index (χ0n) is 12.9. The van der Waals surface area contributed by atoms with Crippen LogP contribution in [0.25, 0.3) is 0 Å². The molecule has 0 aromatic heterocycles. The third-order valence-corrected chi connectivity index (χ3v) is 3.69. The Bertz CT molecular complexity index is 390. The van der Waals surface area contributed by atoms with Crippen molar-refractivity contribution in [3.05, 3.63) is 35.4 Å². The Labute approximate surface area is 117 Å². The molecule has 3 nitrogen and oxygen atoms in total. The lowest BCUT2D eigenvalue weighted by Gasteiger charge is -2.33. The second-order valence-corrected chi connectivity index (χ2v) is 5.96. The van der Waals surface area contributed by atoms with Gasteiger partial charge in [0.1, 0.15) is 0 Å². The molecular weight excluding hydrogens is 236 g/mol. The number of nitrogens with two attached hydrogens (primary N) is 1. The van der Waals surface area contributed by atoms with Gasteiger partial charge in [0, 0.05) is 26.2 Å². The molecule has 0 amide bonds. The van der Waals surface area contributed by atoms with E-state index in [1.165, 1.54) is 11.1 Å². The molecule has 0 saturated heterocycles. The maximum absolute atomic E-state index is 5.92. The van der Waals surface area contributed by atoms with Crippen LogP contribution in [0.5, 0.6) is 0 Å². The molecule has 1 atom stereocenters. The van der Waals surface area contributed by atoms with Gasteiger partial charge in [0.2, 0.25) is 0 Å². The van der Waals surface area contributed by atoms with Crippen molar-refractivity contribution in [3.8, 4) is 0 Å². The monoisotopic (exact) mass is 264 g/mol. The number of nitrogens with zero attached hydrogens (tertiary/aromatic N) is 1. The molecule has 19 heavy (non-hydrogen) atoms. The molecule has 2 N–H and O–H groups in total. The van der Waals surface area contributed by atoms with Gasteiger partial charge in [-0.05, 0) is 39.8 Å². The summed E-state index contributed by atoms with van der Waals surface area (Å²) >= 11 is 0. The van der Waals surface area contributed by atoms with E-state index < -0.39 is 0 Å². The second kappa shape index (κ2) is 7.04. The molecule has 1 unspecified atom stereocenters. The summed E-state index contributed by atoms with van der Waals surface area (Å²) in [5, 5.41) is 0. The first kappa shape index (κ1) is 16.2. The molecule has 0 fully saturated rings. The van der Waals surface area contributed by atoms with E-state index in [1.54, 1.807) is 7.11 Å². The fraction of sp³-hybridized carbons (Fsp3) is 0.625. The van der Waals surface area contributed by atoms with Crippen molar-refractivity contribution < 1.29 is 4.74 Å². The summed E-state index contributed by atoms with van der Waals surface area (Å²) in [5.41, 5.74) is 8.42. The van der Waals surface area contributed by atoms with E-state index in [9.17, 15) is 0 Å². The van der Waals surface area contributed by atoms with Gasteiger partial charge in [-0.2, -0.15) is 0 Å². The van der Waals surface area contributed by atoms with Gasteiger partial charge in [-0.3, -0.25) is 4.90 Å². The van der Waals surface area contributed by atoms with E-state index in [2.05, 4.69) is 57.0 Å². The largest absolute Gasteiger partial charge is 0.379 e. The van der Waals surface area contributed by atoms with Gasteiger partial charge in [0.05, 0.1) is 5.60 Å². The molecule has 108 valence electrons. The Kier molecular flexibility index (Phi) is 5.98. The fourth-order valence-electron chi connectivity index (χ4n) is 2.30. The van der Waals surface area contributed by atoms with Crippen molar-refractivity contribution in [1.29, 1.82) is 0 Å². The van der Waals surface area contributed by atoms with Crippen molar-refractivity contribution in [3.63, 3.8) is 0 Å². The minimum atomic E-state index is -0.134. The van der Waals surface area contributed by atoms with Crippen molar-refractivity contribution >= 4 is 0 Å². The van der Waals surface area contributed by atoms with E-state index in [4.69, 9.17) is 10.5 Å². The van der Waals surface area contributed by atoms with Crippen LogP contribution in [0.3, 0.4) is 0 Å². The normalized spacial score (nSPS) is 13.8. The molecule has 0 saturated carbocycles. The molecule has 0 heterocycles. The zero-order valence-corrected chi connectivity index (χ0v) is 12.9. The predicted molar refractivity (Wildman–Crippen MR) is 81.2 cm³/mol. The van der Waals surface area contributed by atoms with Crippen molar-refractivity contribution in [1.82, 2.24) is 4.90 Å². The van der Waals surface area contributed by atoms with Crippen molar-refractivity contribution in [2.75, 3.05) is 20.7 Å². The molecule has 0 bridgehead atoms.